The molecule has 1 unspecified atom stereocenters. The van der Waals surface area contributed by atoms with E-state index in [-0.39, 0.29) is 78.5 Å². The second-order valence-electron chi connectivity index (χ2n) is 5.73. The number of hydrogen-bond acceptors (Lipinski definition) is 8. The minimum Gasteiger partial charge on any atom is -0.790 e. The second kappa shape index (κ2) is 9.49. The van der Waals surface area contributed by atoms with Crippen LogP contribution in [0.4, 0.5) is 5.69 Å². The normalized spacial score (nSPS) is 19.5. The van der Waals surface area contributed by atoms with Crippen molar-refractivity contribution in [2.24, 2.45) is 0 Å². The predicted octanol–water partition coefficient (Wildman–Crippen LogP) is -7.45. The minimum absolute atomic E-state index is 0. The SMILES string of the molecule is Nc1cccc2c1CN(C1CCC(=O)N(COP(=O)([O-])[O-])C1=O)C2=O.[Na+].[Na+]. The number of piperidine rings is 1. The number of anilines is 1. The van der Waals surface area contributed by atoms with E-state index in [1.54, 1.807) is 18.2 Å². The Bertz CT molecular complexity index is 816. The number of nitrogens with zero attached hydrogens (tertiary/aromatic N) is 2. The molecule has 1 aromatic carbocycles. The van der Waals surface area contributed by atoms with Crippen LogP contribution in [0.2, 0.25) is 0 Å². The first-order valence-electron chi connectivity index (χ1n) is 7.38. The third kappa shape index (κ3) is 5.22. The largest absolute Gasteiger partial charge is 1.00 e. The number of phosphoric acid groups is 1. The van der Waals surface area contributed by atoms with Crippen molar-refractivity contribution < 1.29 is 92.4 Å². The van der Waals surface area contributed by atoms with Gasteiger partial charge in [-0.1, -0.05) is 6.07 Å². The quantitative estimate of drug-likeness (QED) is 0.221. The van der Waals surface area contributed by atoms with Crippen molar-refractivity contribution in [2.45, 2.75) is 25.4 Å². The van der Waals surface area contributed by atoms with Crippen molar-refractivity contribution in [3.05, 3.63) is 29.3 Å². The number of carbonyl (C=O) groups is 3. The fourth-order valence-corrected chi connectivity index (χ4v) is 3.26. The van der Waals surface area contributed by atoms with Gasteiger partial charge in [0.15, 0.2) is 0 Å². The Balaban J connectivity index is 0.00000182. The number of rotatable bonds is 4. The molecule has 2 aliphatic rings. The molecule has 1 aromatic rings. The average Bonchev–Trinajstić information content (AvgIpc) is 2.85. The molecule has 0 aliphatic carbocycles. The first-order valence-corrected chi connectivity index (χ1v) is 8.84. The Morgan fingerprint density at radius 2 is 1.89 bits per heavy atom. The van der Waals surface area contributed by atoms with Crippen LogP contribution in [-0.4, -0.2) is 40.3 Å². The molecular weight excluding hydrogens is 399 g/mol. The van der Waals surface area contributed by atoms with Crippen molar-refractivity contribution in [2.75, 3.05) is 12.5 Å². The van der Waals surface area contributed by atoms with Crippen LogP contribution in [0.15, 0.2) is 18.2 Å². The topological polar surface area (TPSA) is 156 Å². The molecule has 0 aromatic heterocycles. The summed E-state index contributed by atoms with van der Waals surface area (Å²) >= 11 is 0. The van der Waals surface area contributed by atoms with E-state index in [0.29, 0.717) is 21.7 Å². The molecule has 3 rings (SSSR count). The van der Waals surface area contributed by atoms with Crippen LogP contribution in [0, 0.1) is 0 Å². The number of nitrogen functional groups attached to an aromatic ring is 1. The van der Waals surface area contributed by atoms with Crippen LogP contribution in [0.3, 0.4) is 0 Å². The van der Waals surface area contributed by atoms with Gasteiger partial charge < -0.3 is 29.5 Å². The van der Waals surface area contributed by atoms with Crippen LogP contribution in [0.25, 0.3) is 0 Å². The number of phosphoric ester groups is 1. The molecule has 0 radical (unpaired) electrons. The molecule has 10 nitrogen and oxygen atoms in total. The molecule has 1 atom stereocenters. The van der Waals surface area contributed by atoms with Gasteiger partial charge >= 0.3 is 59.1 Å². The summed E-state index contributed by atoms with van der Waals surface area (Å²) in [5.41, 5.74) is 7.27. The van der Waals surface area contributed by atoms with Gasteiger partial charge in [0.25, 0.3) is 11.8 Å². The van der Waals surface area contributed by atoms with Crippen LogP contribution >= 0.6 is 7.82 Å². The number of benzene rings is 1. The Hall–Kier alpha value is -0.260. The van der Waals surface area contributed by atoms with Crippen LogP contribution in [0.5, 0.6) is 0 Å². The summed E-state index contributed by atoms with van der Waals surface area (Å²) in [4.78, 5) is 59.9. The van der Waals surface area contributed by atoms with E-state index in [1.807, 2.05) is 0 Å². The van der Waals surface area contributed by atoms with Crippen molar-refractivity contribution in [1.82, 2.24) is 9.80 Å². The Kier molecular flexibility index (Phi) is 8.71. The first kappa shape index (κ1) is 24.8. The van der Waals surface area contributed by atoms with E-state index in [1.165, 1.54) is 4.90 Å². The van der Waals surface area contributed by atoms with Gasteiger partial charge in [-0.15, -0.1) is 0 Å². The number of hydrogen-bond donors (Lipinski definition) is 1. The monoisotopic (exact) mass is 413 g/mol. The molecule has 134 valence electrons. The number of imide groups is 1. The molecule has 0 saturated carbocycles. The molecule has 2 N–H and O–H groups in total. The van der Waals surface area contributed by atoms with Crippen LogP contribution < -0.4 is 74.6 Å². The molecule has 1 saturated heterocycles. The van der Waals surface area contributed by atoms with E-state index in [9.17, 15) is 28.7 Å². The smallest absolute Gasteiger partial charge is 0.790 e. The maximum Gasteiger partial charge on any atom is 1.00 e. The third-order valence-electron chi connectivity index (χ3n) is 4.24. The fraction of sp³-hybridized carbons (Fsp3) is 0.357. The number of carbonyl (C=O) groups excluding carboxylic acids is 3. The summed E-state index contributed by atoms with van der Waals surface area (Å²) in [6.45, 7) is -0.878. The zero-order valence-corrected chi connectivity index (χ0v) is 19.8. The molecular formula is C14H14N3Na2O7P. The molecule has 13 heteroatoms. The maximum absolute atomic E-state index is 12.5. The van der Waals surface area contributed by atoms with Crippen molar-refractivity contribution in [3.63, 3.8) is 0 Å². The first-order chi connectivity index (χ1) is 11.7. The molecule has 1 fully saturated rings. The summed E-state index contributed by atoms with van der Waals surface area (Å²) in [6, 6.07) is 3.90. The number of fused-ring (bicyclic) bond motifs is 1. The van der Waals surface area contributed by atoms with Gasteiger partial charge in [0, 0.05) is 29.8 Å². The number of amides is 3. The van der Waals surface area contributed by atoms with Gasteiger partial charge in [-0.05, 0) is 18.6 Å². The third-order valence-corrected chi connectivity index (χ3v) is 4.67. The summed E-state index contributed by atoms with van der Waals surface area (Å²) in [5, 5.41) is 0. The second-order valence-corrected chi connectivity index (χ2v) is 6.88. The summed E-state index contributed by atoms with van der Waals surface area (Å²) < 4.78 is 14.6. The van der Waals surface area contributed by atoms with E-state index in [2.05, 4.69) is 4.52 Å². The zero-order valence-electron chi connectivity index (χ0n) is 14.9. The maximum atomic E-state index is 12.5. The molecule has 0 spiro atoms. The van der Waals surface area contributed by atoms with Gasteiger partial charge in [-0.2, -0.15) is 0 Å². The standard InChI is InChI=1S/C14H16N3O7P.2Na/c15-10-3-1-2-8-9(10)6-16(13(8)19)11-4-5-12(18)17(14(11)20)7-24-25(21,22)23;;/h1-3,11H,4-7,15H2,(H2,21,22,23);;/q;2*+1/p-2. The summed E-state index contributed by atoms with van der Waals surface area (Å²) in [5.74, 6) is -1.85. The van der Waals surface area contributed by atoms with Crippen LogP contribution in [0.1, 0.15) is 28.8 Å². The van der Waals surface area contributed by atoms with Crippen molar-refractivity contribution in [1.29, 1.82) is 0 Å². The Morgan fingerprint density at radius 1 is 1.22 bits per heavy atom. The molecule has 2 heterocycles. The van der Waals surface area contributed by atoms with Crippen molar-refractivity contribution >= 4 is 31.2 Å². The average molecular weight is 413 g/mol. The predicted molar refractivity (Wildman–Crippen MR) is 79.2 cm³/mol. The fourth-order valence-electron chi connectivity index (χ4n) is 3.00. The van der Waals surface area contributed by atoms with Gasteiger partial charge in [0.2, 0.25) is 5.91 Å². The Morgan fingerprint density at radius 3 is 2.48 bits per heavy atom. The van der Waals surface area contributed by atoms with Crippen molar-refractivity contribution in [3.8, 4) is 0 Å². The van der Waals surface area contributed by atoms with Crippen LogP contribution in [-0.2, 0) is 25.2 Å². The van der Waals surface area contributed by atoms with E-state index < -0.39 is 38.3 Å². The van der Waals surface area contributed by atoms with Gasteiger partial charge in [0.05, 0.1) is 7.82 Å². The molecule has 2 aliphatic heterocycles. The minimum atomic E-state index is -5.34. The summed E-state index contributed by atoms with van der Waals surface area (Å²) in [7, 11) is -5.34. The number of likely N-dealkylation sites (tertiary alicyclic amines) is 1. The van der Waals surface area contributed by atoms with Gasteiger partial charge in [-0.3, -0.25) is 19.3 Å². The molecule has 27 heavy (non-hydrogen) atoms. The van der Waals surface area contributed by atoms with E-state index >= 15 is 0 Å². The summed E-state index contributed by atoms with van der Waals surface area (Å²) in [6.07, 6.45) is 0.0115. The van der Waals surface area contributed by atoms with Gasteiger partial charge in [-0.25, -0.2) is 0 Å². The number of nitrogens with two attached hydrogens (primary N) is 1. The Labute approximate surface area is 199 Å². The van der Waals surface area contributed by atoms with Gasteiger partial charge in [0.1, 0.15) is 12.8 Å². The molecule has 3 amide bonds. The zero-order chi connectivity index (χ0) is 18.4. The molecule has 0 bridgehead atoms. The van der Waals surface area contributed by atoms with E-state index in [0.717, 1.165) is 0 Å². The van der Waals surface area contributed by atoms with E-state index in [4.69, 9.17) is 5.73 Å².